The average Bonchev–Trinajstić information content (AvgIpc) is 2.85. The molecule has 0 fully saturated rings. The van der Waals surface area contributed by atoms with E-state index in [4.69, 9.17) is 16.3 Å². The summed E-state index contributed by atoms with van der Waals surface area (Å²) in [5.41, 5.74) is 0. The Labute approximate surface area is 117 Å². The Morgan fingerprint density at radius 1 is 1.28 bits per heavy atom. The molecule has 0 aliphatic rings. The Kier molecular flexibility index (Phi) is 5.05. The van der Waals surface area contributed by atoms with Gasteiger partial charge in [-0.2, -0.15) is 0 Å². The molecule has 0 unspecified atom stereocenters. The minimum Gasteiger partial charge on any atom is -0.489 e. The van der Waals surface area contributed by atoms with E-state index in [0.29, 0.717) is 0 Å². The van der Waals surface area contributed by atoms with Crippen molar-refractivity contribution in [3.63, 3.8) is 0 Å². The molecule has 2 aromatic rings. The first kappa shape index (κ1) is 13.4. The third-order valence-electron chi connectivity index (χ3n) is 2.46. The quantitative estimate of drug-likeness (QED) is 0.865. The zero-order valence-electron chi connectivity index (χ0n) is 10.2. The molecule has 1 N–H and O–H groups in total. The molecule has 0 radical (unpaired) electrons. The summed E-state index contributed by atoms with van der Waals surface area (Å²) in [6, 6.07) is 11.6. The molecule has 1 aromatic heterocycles. The first-order chi connectivity index (χ1) is 8.74. The standard InChI is InChI=1S/C14H16ClNOS/c1-11(9-16-10-14-3-2-8-18-14)17-13-6-4-12(15)5-7-13/h2-8,11,16H,9-10H2,1H3/t11-/m0/s1. The van der Waals surface area contributed by atoms with E-state index in [1.165, 1.54) is 4.88 Å². The van der Waals surface area contributed by atoms with Gasteiger partial charge in [-0.05, 0) is 42.6 Å². The fourth-order valence-corrected chi connectivity index (χ4v) is 2.40. The van der Waals surface area contributed by atoms with Crippen LogP contribution in [0.3, 0.4) is 0 Å². The van der Waals surface area contributed by atoms with Crippen LogP contribution in [0.5, 0.6) is 5.75 Å². The van der Waals surface area contributed by atoms with Gasteiger partial charge in [0, 0.05) is 23.0 Å². The topological polar surface area (TPSA) is 21.3 Å². The van der Waals surface area contributed by atoms with Gasteiger partial charge in [-0.25, -0.2) is 0 Å². The van der Waals surface area contributed by atoms with Crippen molar-refractivity contribution < 1.29 is 4.74 Å². The second kappa shape index (κ2) is 6.78. The number of ether oxygens (including phenoxy) is 1. The lowest BCUT2D eigenvalue weighted by atomic mass is 10.3. The van der Waals surface area contributed by atoms with Gasteiger partial charge in [-0.3, -0.25) is 0 Å². The predicted molar refractivity (Wildman–Crippen MR) is 77.6 cm³/mol. The highest BCUT2D eigenvalue weighted by Crippen LogP contribution is 2.16. The van der Waals surface area contributed by atoms with Crippen LogP contribution in [0.2, 0.25) is 5.02 Å². The molecule has 0 amide bonds. The summed E-state index contributed by atoms with van der Waals surface area (Å²) in [5.74, 6) is 0.852. The third kappa shape index (κ3) is 4.33. The number of hydrogen-bond donors (Lipinski definition) is 1. The maximum atomic E-state index is 5.82. The molecular weight excluding hydrogens is 266 g/mol. The fourth-order valence-electron chi connectivity index (χ4n) is 1.60. The molecular formula is C14H16ClNOS. The van der Waals surface area contributed by atoms with E-state index in [1.807, 2.05) is 24.3 Å². The maximum Gasteiger partial charge on any atom is 0.119 e. The van der Waals surface area contributed by atoms with Crippen LogP contribution in [0.1, 0.15) is 11.8 Å². The van der Waals surface area contributed by atoms with Crippen LogP contribution in [0, 0.1) is 0 Å². The van der Waals surface area contributed by atoms with Gasteiger partial charge in [-0.1, -0.05) is 17.7 Å². The number of thiophene rings is 1. The van der Waals surface area contributed by atoms with Crippen molar-refractivity contribution in [1.82, 2.24) is 5.32 Å². The lowest BCUT2D eigenvalue weighted by Gasteiger charge is -2.15. The maximum absolute atomic E-state index is 5.82. The summed E-state index contributed by atoms with van der Waals surface area (Å²) in [5, 5.41) is 6.19. The number of nitrogens with one attached hydrogen (secondary N) is 1. The largest absolute Gasteiger partial charge is 0.489 e. The van der Waals surface area contributed by atoms with E-state index in [1.54, 1.807) is 11.3 Å². The van der Waals surface area contributed by atoms with Crippen LogP contribution in [-0.2, 0) is 6.54 Å². The molecule has 18 heavy (non-hydrogen) atoms. The second-order valence-corrected chi connectivity index (χ2v) is 5.56. The van der Waals surface area contributed by atoms with Gasteiger partial charge in [0.05, 0.1) is 0 Å². The van der Waals surface area contributed by atoms with Crippen LogP contribution < -0.4 is 10.1 Å². The molecule has 0 aliphatic heterocycles. The monoisotopic (exact) mass is 281 g/mol. The highest BCUT2D eigenvalue weighted by molar-refractivity contribution is 7.09. The Morgan fingerprint density at radius 2 is 2.06 bits per heavy atom. The summed E-state index contributed by atoms with van der Waals surface area (Å²) in [4.78, 5) is 1.34. The Balaban J connectivity index is 1.71. The van der Waals surface area contributed by atoms with Gasteiger partial charge >= 0.3 is 0 Å². The van der Waals surface area contributed by atoms with Crippen molar-refractivity contribution >= 4 is 22.9 Å². The first-order valence-corrected chi connectivity index (χ1v) is 7.15. The molecule has 0 bridgehead atoms. The van der Waals surface area contributed by atoms with E-state index in [2.05, 4.69) is 29.8 Å². The minimum atomic E-state index is 0.131. The van der Waals surface area contributed by atoms with Gasteiger partial charge < -0.3 is 10.1 Å². The molecule has 4 heteroatoms. The van der Waals surface area contributed by atoms with Crippen molar-refractivity contribution in [2.45, 2.75) is 19.6 Å². The van der Waals surface area contributed by atoms with Crippen LogP contribution in [0.15, 0.2) is 41.8 Å². The summed E-state index contributed by atoms with van der Waals surface area (Å²) < 4.78 is 5.77. The van der Waals surface area contributed by atoms with E-state index in [0.717, 1.165) is 23.9 Å². The van der Waals surface area contributed by atoms with Crippen LogP contribution in [0.25, 0.3) is 0 Å². The summed E-state index contributed by atoms with van der Waals surface area (Å²) in [6.07, 6.45) is 0.131. The van der Waals surface area contributed by atoms with Crippen molar-refractivity contribution in [1.29, 1.82) is 0 Å². The molecule has 0 spiro atoms. The SMILES string of the molecule is C[C@@H](CNCc1cccs1)Oc1ccc(Cl)cc1. The van der Waals surface area contributed by atoms with Gasteiger partial charge in [0.1, 0.15) is 11.9 Å². The molecule has 0 aliphatic carbocycles. The summed E-state index contributed by atoms with van der Waals surface area (Å²) >= 11 is 7.58. The van der Waals surface area contributed by atoms with Gasteiger partial charge in [0.2, 0.25) is 0 Å². The van der Waals surface area contributed by atoms with Crippen molar-refractivity contribution in [3.8, 4) is 5.75 Å². The highest BCUT2D eigenvalue weighted by atomic mass is 35.5. The molecule has 1 heterocycles. The molecule has 2 nitrogen and oxygen atoms in total. The van der Waals surface area contributed by atoms with Crippen molar-refractivity contribution in [2.75, 3.05) is 6.54 Å². The smallest absolute Gasteiger partial charge is 0.119 e. The Morgan fingerprint density at radius 3 is 2.72 bits per heavy atom. The van der Waals surface area contributed by atoms with E-state index >= 15 is 0 Å². The highest BCUT2D eigenvalue weighted by Gasteiger charge is 2.03. The molecule has 2 rings (SSSR count). The average molecular weight is 282 g/mol. The zero-order valence-corrected chi connectivity index (χ0v) is 11.8. The lowest BCUT2D eigenvalue weighted by Crippen LogP contribution is -2.28. The van der Waals surface area contributed by atoms with Crippen molar-refractivity contribution in [2.24, 2.45) is 0 Å². The molecule has 0 saturated carbocycles. The molecule has 1 atom stereocenters. The van der Waals surface area contributed by atoms with E-state index in [9.17, 15) is 0 Å². The molecule has 1 aromatic carbocycles. The second-order valence-electron chi connectivity index (χ2n) is 4.09. The van der Waals surface area contributed by atoms with Crippen LogP contribution >= 0.6 is 22.9 Å². The minimum absolute atomic E-state index is 0.131. The zero-order chi connectivity index (χ0) is 12.8. The summed E-state index contributed by atoms with van der Waals surface area (Å²) in [6.45, 7) is 3.77. The normalized spacial score (nSPS) is 12.3. The van der Waals surface area contributed by atoms with Gasteiger partial charge in [-0.15, -0.1) is 11.3 Å². The third-order valence-corrected chi connectivity index (χ3v) is 3.59. The van der Waals surface area contributed by atoms with E-state index in [-0.39, 0.29) is 6.10 Å². The lowest BCUT2D eigenvalue weighted by molar-refractivity contribution is 0.217. The van der Waals surface area contributed by atoms with E-state index < -0.39 is 0 Å². The number of rotatable bonds is 6. The van der Waals surface area contributed by atoms with Crippen LogP contribution in [0.4, 0.5) is 0 Å². The Hall–Kier alpha value is -1.03. The Bertz CT molecular complexity index is 455. The predicted octanol–water partition coefficient (Wildman–Crippen LogP) is 3.96. The molecule has 96 valence electrons. The fraction of sp³-hybridized carbons (Fsp3) is 0.286. The van der Waals surface area contributed by atoms with Gasteiger partial charge in [0.25, 0.3) is 0 Å². The summed E-state index contributed by atoms with van der Waals surface area (Å²) in [7, 11) is 0. The first-order valence-electron chi connectivity index (χ1n) is 5.89. The van der Waals surface area contributed by atoms with Gasteiger partial charge in [0.15, 0.2) is 0 Å². The number of benzene rings is 1. The molecule has 0 saturated heterocycles. The number of halogens is 1. The number of hydrogen-bond acceptors (Lipinski definition) is 3. The van der Waals surface area contributed by atoms with Crippen molar-refractivity contribution in [3.05, 3.63) is 51.7 Å². The van der Waals surface area contributed by atoms with Crippen LogP contribution in [-0.4, -0.2) is 12.6 Å².